The zero-order valence-corrected chi connectivity index (χ0v) is 8.74. The molecule has 2 aromatic rings. The number of aromatic nitrogens is 4. The number of alkyl halides is 3. The van der Waals surface area contributed by atoms with E-state index in [1.54, 1.807) is 0 Å². The van der Waals surface area contributed by atoms with E-state index in [-0.39, 0.29) is 10.8 Å². The third-order valence-electron chi connectivity index (χ3n) is 1.85. The standard InChI is InChI=1S/C8H4ClF3N4O/c9-5-1-4(8(10,11)12)2-13-6(5)16-3-14-7(17)15-16/h1-3H,(H,15,17). The Labute approximate surface area is 97.5 Å². The summed E-state index contributed by atoms with van der Waals surface area (Å²) in [7, 11) is 0. The molecule has 0 bridgehead atoms. The summed E-state index contributed by atoms with van der Waals surface area (Å²) < 4.78 is 38.0. The zero-order valence-electron chi connectivity index (χ0n) is 7.98. The minimum atomic E-state index is -4.51. The maximum Gasteiger partial charge on any atom is 0.417 e. The Morgan fingerprint density at radius 3 is 2.47 bits per heavy atom. The van der Waals surface area contributed by atoms with Crippen molar-refractivity contribution < 1.29 is 18.3 Å². The minimum absolute atomic E-state index is 0.0486. The molecule has 0 aliphatic carbocycles. The van der Waals surface area contributed by atoms with E-state index in [1.807, 2.05) is 0 Å². The van der Waals surface area contributed by atoms with Gasteiger partial charge in [-0.2, -0.15) is 22.8 Å². The smallest absolute Gasteiger partial charge is 0.417 e. The van der Waals surface area contributed by atoms with Crippen molar-refractivity contribution in [1.82, 2.24) is 19.7 Å². The number of nitrogens with zero attached hydrogens (tertiary/aromatic N) is 4. The molecule has 90 valence electrons. The Kier molecular flexibility index (Phi) is 2.66. The molecule has 9 heteroatoms. The first-order valence-electron chi connectivity index (χ1n) is 4.21. The second-order valence-corrected chi connectivity index (χ2v) is 3.42. The highest BCUT2D eigenvalue weighted by Crippen LogP contribution is 2.31. The SMILES string of the molecule is Oc1ncn(-c2ncc(C(F)(F)F)cc2Cl)n1. The molecule has 1 N–H and O–H groups in total. The molecule has 0 aliphatic heterocycles. The van der Waals surface area contributed by atoms with E-state index in [1.165, 1.54) is 0 Å². The average molecular weight is 265 g/mol. The van der Waals surface area contributed by atoms with Crippen LogP contribution in [0.4, 0.5) is 13.2 Å². The van der Waals surface area contributed by atoms with Gasteiger partial charge in [-0.1, -0.05) is 11.6 Å². The molecule has 0 atom stereocenters. The second kappa shape index (κ2) is 3.88. The van der Waals surface area contributed by atoms with Gasteiger partial charge in [0.15, 0.2) is 5.82 Å². The van der Waals surface area contributed by atoms with Crippen LogP contribution in [0.5, 0.6) is 6.01 Å². The molecular formula is C8H4ClF3N4O. The highest BCUT2D eigenvalue weighted by Gasteiger charge is 2.31. The van der Waals surface area contributed by atoms with Crippen LogP contribution in [0.15, 0.2) is 18.6 Å². The lowest BCUT2D eigenvalue weighted by Crippen LogP contribution is -2.07. The van der Waals surface area contributed by atoms with Crippen LogP contribution in [-0.2, 0) is 6.18 Å². The number of aromatic hydroxyl groups is 1. The summed E-state index contributed by atoms with van der Waals surface area (Å²) in [6, 6.07) is 0.200. The van der Waals surface area contributed by atoms with E-state index in [9.17, 15) is 13.2 Å². The fourth-order valence-electron chi connectivity index (χ4n) is 1.11. The highest BCUT2D eigenvalue weighted by molar-refractivity contribution is 6.32. The maximum absolute atomic E-state index is 12.3. The van der Waals surface area contributed by atoms with Crippen LogP contribution in [0.1, 0.15) is 5.56 Å². The van der Waals surface area contributed by atoms with Crippen molar-refractivity contribution in [2.24, 2.45) is 0 Å². The summed E-state index contributed by atoms with van der Waals surface area (Å²) in [5.41, 5.74) is -0.962. The van der Waals surface area contributed by atoms with E-state index in [2.05, 4.69) is 15.1 Å². The Bertz CT molecular complexity index is 554. The number of halogens is 4. The zero-order chi connectivity index (χ0) is 12.6. The van der Waals surface area contributed by atoms with Crippen molar-refractivity contribution in [2.75, 3.05) is 0 Å². The second-order valence-electron chi connectivity index (χ2n) is 3.02. The molecule has 0 saturated heterocycles. The Morgan fingerprint density at radius 1 is 1.29 bits per heavy atom. The van der Waals surface area contributed by atoms with E-state index in [0.717, 1.165) is 17.1 Å². The minimum Gasteiger partial charge on any atom is -0.478 e. The van der Waals surface area contributed by atoms with Gasteiger partial charge in [0.2, 0.25) is 0 Å². The van der Waals surface area contributed by atoms with Crippen molar-refractivity contribution in [3.63, 3.8) is 0 Å². The van der Waals surface area contributed by atoms with Crippen molar-refractivity contribution in [2.45, 2.75) is 6.18 Å². The van der Waals surface area contributed by atoms with Gasteiger partial charge in [0.05, 0.1) is 10.6 Å². The van der Waals surface area contributed by atoms with Crippen LogP contribution < -0.4 is 0 Å². The fraction of sp³-hybridized carbons (Fsp3) is 0.125. The molecule has 0 aromatic carbocycles. The lowest BCUT2D eigenvalue weighted by atomic mass is 10.3. The Morgan fingerprint density at radius 2 is 2.00 bits per heavy atom. The van der Waals surface area contributed by atoms with Gasteiger partial charge in [0.25, 0.3) is 0 Å². The van der Waals surface area contributed by atoms with Crippen LogP contribution >= 0.6 is 11.6 Å². The molecule has 0 spiro atoms. The predicted octanol–water partition coefficient (Wildman–Crippen LogP) is 2.04. The molecule has 0 unspecified atom stereocenters. The number of hydrogen-bond donors (Lipinski definition) is 1. The molecule has 2 heterocycles. The van der Waals surface area contributed by atoms with E-state index in [0.29, 0.717) is 6.20 Å². The van der Waals surface area contributed by atoms with Crippen molar-refractivity contribution in [1.29, 1.82) is 0 Å². The molecule has 17 heavy (non-hydrogen) atoms. The third-order valence-corrected chi connectivity index (χ3v) is 2.12. The molecule has 2 rings (SSSR count). The summed E-state index contributed by atoms with van der Waals surface area (Å²) in [6.07, 6.45) is -2.81. The molecule has 0 fully saturated rings. The van der Waals surface area contributed by atoms with Crippen molar-refractivity contribution in [3.8, 4) is 11.8 Å². The summed E-state index contributed by atoms with van der Waals surface area (Å²) in [4.78, 5) is 6.92. The lowest BCUT2D eigenvalue weighted by Gasteiger charge is -2.08. The fourth-order valence-corrected chi connectivity index (χ4v) is 1.36. The average Bonchev–Trinajstić information content (AvgIpc) is 2.63. The lowest BCUT2D eigenvalue weighted by molar-refractivity contribution is -0.137. The summed E-state index contributed by atoms with van der Waals surface area (Å²) in [5.74, 6) is -0.0486. The summed E-state index contributed by atoms with van der Waals surface area (Å²) in [5, 5.41) is 12.1. The third kappa shape index (κ3) is 2.31. The topological polar surface area (TPSA) is 63.8 Å². The number of hydrogen-bond acceptors (Lipinski definition) is 4. The van der Waals surface area contributed by atoms with Crippen LogP contribution in [0.2, 0.25) is 5.02 Å². The van der Waals surface area contributed by atoms with Gasteiger partial charge in [-0.25, -0.2) is 4.98 Å². The van der Waals surface area contributed by atoms with Gasteiger partial charge in [0, 0.05) is 6.20 Å². The molecule has 2 aromatic heterocycles. The Balaban J connectivity index is 2.45. The van der Waals surface area contributed by atoms with Gasteiger partial charge in [-0.05, 0) is 6.07 Å². The molecule has 0 saturated carbocycles. The predicted molar refractivity (Wildman–Crippen MR) is 50.8 cm³/mol. The largest absolute Gasteiger partial charge is 0.478 e. The summed E-state index contributed by atoms with van der Waals surface area (Å²) >= 11 is 5.65. The van der Waals surface area contributed by atoms with E-state index < -0.39 is 17.8 Å². The van der Waals surface area contributed by atoms with Crippen molar-refractivity contribution >= 4 is 11.6 Å². The first-order chi connectivity index (χ1) is 7.88. The number of pyridine rings is 1. The van der Waals surface area contributed by atoms with E-state index >= 15 is 0 Å². The van der Waals surface area contributed by atoms with Gasteiger partial charge < -0.3 is 5.11 Å². The first kappa shape index (κ1) is 11.6. The normalized spacial score (nSPS) is 11.8. The van der Waals surface area contributed by atoms with Crippen LogP contribution in [-0.4, -0.2) is 24.9 Å². The molecule has 0 radical (unpaired) electrons. The summed E-state index contributed by atoms with van der Waals surface area (Å²) in [6.45, 7) is 0. The quantitative estimate of drug-likeness (QED) is 0.856. The monoisotopic (exact) mass is 264 g/mol. The number of rotatable bonds is 1. The van der Waals surface area contributed by atoms with Gasteiger partial charge in [-0.3, -0.25) is 0 Å². The van der Waals surface area contributed by atoms with Crippen LogP contribution in [0.3, 0.4) is 0 Å². The van der Waals surface area contributed by atoms with Gasteiger partial charge in [-0.15, -0.1) is 5.10 Å². The first-order valence-corrected chi connectivity index (χ1v) is 4.59. The molecule has 5 nitrogen and oxygen atoms in total. The molecular weight excluding hydrogens is 261 g/mol. The van der Waals surface area contributed by atoms with Gasteiger partial charge in [0.1, 0.15) is 6.33 Å². The van der Waals surface area contributed by atoms with Crippen molar-refractivity contribution in [3.05, 3.63) is 29.2 Å². The molecule has 0 aliphatic rings. The van der Waals surface area contributed by atoms with E-state index in [4.69, 9.17) is 16.7 Å². The van der Waals surface area contributed by atoms with Gasteiger partial charge >= 0.3 is 12.2 Å². The highest BCUT2D eigenvalue weighted by atomic mass is 35.5. The maximum atomic E-state index is 12.3. The van der Waals surface area contributed by atoms with Crippen LogP contribution in [0.25, 0.3) is 5.82 Å². The van der Waals surface area contributed by atoms with Crippen LogP contribution in [0, 0.1) is 0 Å². The Hall–Kier alpha value is -1.83. The molecule has 0 amide bonds.